The average molecular weight is 487 g/mol. The van der Waals surface area contributed by atoms with Crippen molar-refractivity contribution in [3.63, 3.8) is 0 Å². The topological polar surface area (TPSA) is 95.9 Å². The quantitative estimate of drug-likeness (QED) is 0.601. The predicted molar refractivity (Wildman–Crippen MR) is 131 cm³/mol. The molecule has 0 bridgehead atoms. The number of nitrogens with zero attached hydrogens (tertiary/aromatic N) is 4. The molecule has 8 nitrogen and oxygen atoms in total. The van der Waals surface area contributed by atoms with Gasteiger partial charge in [0.15, 0.2) is 0 Å². The van der Waals surface area contributed by atoms with Crippen molar-refractivity contribution < 1.29 is 18.3 Å². The van der Waals surface area contributed by atoms with Crippen molar-refractivity contribution in [2.75, 3.05) is 26.7 Å². The minimum absolute atomic E-state index is 0.102. The second-order valence-electron chi connectivity index (χ2n) is 8.90. The molecule has 9 heteroatoms. The molecule has 0 unspecified atom stereocenters. The van der Waals surface area contributed by atoms with Crippen LogP contribution in [0.25, 0.3) is 0 Å². The van der Waals surface area contributed by atoms with Crippen LogP contribution in [0.4, 0.5) is 0 Å². The van der Waals surface area contributed by atoms with Crippen molar-refractivity contribution in [3.05, 3.63) is 48.0 Å². The van der Waals surface area contributed by atoms with Gasteiger partial charge in [0.25, 0.3) is 0 Å². The molecule has 0 aliphatic carbocycles. The third-order valence-electron chi connectivity index (χ3n) is 5.83. The first kappa shape index (κ1) is 26.1. The molecular weight excluding hydrogens is 452 g/mol. The van der Waals surface area contributed by atoms with Gasteiger partial charge < -0.3 is 9.84 Å². The van der Waals surface area contributed by atoms with Gasteiger partial charge in [-0.1, -0.05) is 25.7 Å². The number of sulfonamides is 1. The summed E-state index contributed by atoms with van der Waals surface area (Å²) < 4.78 is 34.9. The molecule has 1 aliphatic heterocycles. The molecule has 2 aromatic rings. The van der Waals surface area contributed by atoms with Gasteiger partial charge in [-0.25, -0.2) is 18.4 Å². The Labute approximate surface area is 203 Å². The van der Waals surface area contributed by atoms with E-state index in [4.69, 9.17) is 4.74 Å². The number of fused-ring (bicyclic) bond motifs is 1. The number of ether oxygens (including phenoxy) is 1. The van der Waals surface area contributed by atoms with Crippen LogP contribution < -0.4 is 4.74 Å². The van der Waals surface area contributed by atoms with E-state index in [0.29, 0.717) is 24.4 Å². The first-order valence-electron chi connectivity index (χ1n) is 11.6. The van der Waals surface area contributed by atoms with Crippen molar-refractivity contribution in [2.24, 2.45) is 5.92 Å². The summed E-state index contributed by atoms with van der Waals surface area (Å²) in [4.78, 5) is 10.4. The summed E-state index contributed by atoms with van der Waals surface area (Å²) >= 11 is 0. The van der Waals surface area contributed by atoms with Crippen LogP contribution in [0.5, 0.6) is 5.75 Å². The Bertz CT molecular complexity index is 1110. The van der Waals surface area contributed by atoms with Crippen molar-refractivity contribution in [1.29, 1.82) is 0 Å². The fraction of sp³-hybridized carbons (Fsp3) is 0.520. The molecule has 0 saturated heterocycles. The SMILES string of the molecule is CCCC#Cc1ccc2c(c1)O[C@H](CN(C)Cc1cncnc1)[C@@H](C)CN([C@H](C)CO)S2(=O)=O. The molecule has 2 heterocycles. The number of aliphatic hydroxyl groups excluding tert-OH is 1. The summed E-state index contributed by atoms with van der Waals surface area (Å²) in [5.41, 5.74) is 1.70. The maximum absolute atomic E-state index is 13.5. The molecule has 1 aromatic heterocycles. The Hall–Kier alpha value is -2.51. The summed E-state index contributed by atoms with van der Waals surface area (Å²) in [6.45, 7) is 6.95. The van der Waals surface area contributed by atoms with Gasteiger partial charge in [0.1, 0.15) is 23.1 Å². The Morgan fingerprint density at radius 1 is 1.32 bits per heavy atom. The molecule has 0 saturated carbocycles. The van der Waals surface area contributed by atoms with Crippen LogP contribution in [-0.2, 0) is 16.6 Å². The zero-order valence-corrected chi connectivity index (χ0v) is 21.1. The molecule has 34 heavy (non-hydrogen) atoms. The largest absolute Gasteiger partial charge is 0.487 e. The smallest absolute Gasteiger partial charge is 0.247 e. The first-order valence-corrected chi connectivity index (χ1v) is 13.0. The predicted octanol–water partition coefficient (Wildman–Crippen LogP) is 2.53. The zero-order chi connectivity index (χ0) is 24.7. The Morgan fingerprint density at radius 3 is 2.74 bits per heavy atom. The van der Waals surface area contributed by atoms with E-state index in [1.54, 1.807) is 37.5 Å². The van der Waals surface area contributed by atoms with Crippen LogP contribution in [0.15, 0.2) is 41.8 Å². The van der Waals surface area contributed by atoms with Gasteiger partial charge in [-0.05, 0) is 38.6 Å². The standard InChI is InChI=1S/C25H34N4O4S/c1-5-6-7-8-21-9-10-25-23(11-21)33-24(16-28(4)15-22-12-26-18-27-13-22)19(2)14-29(20(3)17-30)34(25,31)32/h9-13,18-20,24,30H,5-6,14-17H2,1-4H3/t19-,20+,24+/m0/s1. The lowest BCUT2D eigenvalue weighted by Gasteiger charge is -2.37. The van der Waals surface area contributed by atoms with Crippen molar-refractivity contribution >= 4 is 10.0 Å². The van der Waals surface area contributed by atoms with E-state index in [1.807, 2.05) is 14.0 Å². The van der Waals surface area contributed by atoms with E-state index >= 15 is 0 Å². The summed E-state index contributed by atoms with van der Waals surface area (Å²) in [6, 6.07) is 4.44. The second-order valence-corrected chi connectivity index (χ2v) is 10.8. The second kappa shape index (κ2) is 11.8. The van der Waals surface area contributed by atoms with Gasteiger partial charge >= 0.3 is 0 Å². The maximum Gasteiger partial charge on any atom is 0.247 e. The monoisotopic (exact) mass is 486 g/mol. The molecule has 0 radical (unpaired) electrons. The third-order valence-corrected chi connectivity index (χ3v) is 7.85. The molecule has 1 aromatic carbocycles. The van der Waals surface area contributed by atoms with Gasteiger partial charge in [-0.2, -0.15) is 4.31 Å². The number of benzene rings is 1. The lowest BCUT2D eigenvalue weighted by atomic mass is 10.0. The van der Waals surface area contributed by atoms with E-state index in [9.17, 15) is 13.5 Å². The van der Waals surface area contributed by atoms with Crippen LogP contribution in [0.3, 0.4) is 0 Å². The fourth-order valence-electron chi connectivity index (χ4n) is 3.91. The molecule has 0 fully saturated rings. The number of likely N-dealkylation sites (N-methyl/N-ethyl adjacent to an activating group) is 1. The summed E-state index contributed by atoms with van der Waals surface area (Å²) in [7, 11) is -1.87. The number of aliphatic hydroxyl groups is 1. The molecule has 184 valence electrons. The van der Waals surface area contributed by atoms with Gasteiger partial charge in [-0.3, -0.25) is 4.90 Å². The van der Waals surface area contributed by atoms with E-state index < -0.39 is 16.1 Å². The third kappa shape index (κ3) is 6.33. The Morgan fingerprint density at radius 2 is 2.06 bits per heavy atom. The number of hydrogen-bond donors (Lipinski definition) is 1. The summed E-state index contributed by atoms with van der Waals surface area (Å²) in [5, 5.41) is 9.78. The number of aromatic nitrogens is 2. The van der Waals surface area contributed by atoms with E-state index in [0.717, 1.165) is 18.4 Å². The lowest BCUT2D eigenvalue weighted by molar-refractivity contribution is 0.0733. The highest BCUT2D eigenvalue weighted by Crippen LogP contribution is 2.34. The number of unbranched alkanes of at least 4 members (excludes halogenated alkanes) is 1. The summed E-state index contributed by atoms with van der Waals surface area (Å²) in [6.07, 6.45) is 6.50. The maximum atomic E-state index is 13.5. The van der Waals surface area contributed by atoms with Gasteiger partial charge in [0.05, 0.1) is 6.61 Å². The van der Waals surface area contributed by atoms with Crippen molar-refractivity contribution in [1.82, 2.24) is 19.2 Å². The Kier molecular flexibility index (Phi) is 9.03. The number of hydrogen-bond acceptors (Lipinski definition) is 7. The lowest BCUT2D eigenvalue weighted by Crippen LogP contribution is -2.49. The molecule has 3 rings (SSSR count). The summed E-state index contributed by atoms with van der Waals surface area (Å²) in [5.74, 6) is 6.38. The van der Waals surface area contributed by atoms with Gasteiger partial charge in [0, 0.05) is 61.5 Å². The van der Waals surface area contributed by atoms with Crippen molar-refractivity contribution in [2.45, 2.75) is 57.2 Å². The van der Waals surface area contributed by atoms with Gasteiger partial charge in [-0.15, -0.1) is 0 Å². The van der Waals surface area contributed by atoms with E-state index in [-0.39, 0.29) is 30.1 Å². The Balaban J connectivity index is 1.97. The highest BCUT2D eigenvalue weighted by atomic mass is 32.2. The number of rotatable bonds is 7. The van der Waals surface area contributed by atoms with Gasteiger partial charge in [0.2, 0.25) is 10.0 Å². The molecule has 3 atom stereocenters. The normalized spacial score (nSPS) is 20.9. The fourth-order valence-corrected chi connectivity index (χ4v) is 5.73. The minimum Gasteiger partial charge on any atom is -0.487 e. The van der Waals surface area contributed by atoms with Crippen LogP contribution in [0, 0.1) is 17.8 Å². The first-order chi connectivity index (χ1) is 16.3. The minimum atomic E-state index is -3.86. The van der Waals surface area contributed by atoms with Crippen molar-refractivity contribution in [3.8, 4) is 17.6 Å². The highest BCUT2D eigenvalue weighted by molar-refractivity contribution is 7.89. The molecule has 0 spiro atoms. The van der Waals surface area contributed by atoms with Crippen LogP contribution in [0.2, 0.25) is 0 Å². The van der Waals surface area contributed by atoms with Crippen LogP contribution in [0.1, 0.15) is 44.7 Å². The molecule has 0 amide bonds. The molecule has 1 aliphatic rings. The zero-order valence-electron chi connectivity index (χ0n) is 20.3. The molecule has 1 N–H and O–H groups in total. The highest BCUT2D eigenvalue weighted by Gasteiger charge is 2.38. The average Bonchev–Trinajstić information content (AvgIpc) is 2.81. The van der Waals surface area contributed by atoms with Crippen LogP contribution >= 0.6 is 0 Å². The van der Waals surface area contributed by atoms with Crippen LogP contribution in [-0.4, -0.2) is 71.6 Å². The van der Waals surface area contributed by atoms with E-state index in [1.165, 1.54) is 10.6 Å². The molecular formula is C25H34N4O4S. The van der Waals surface area contributed by atoms with E-state index in [2.05, 4.69) is 33.6 Å².